The third-order valence-corrected chi connectivity index (χ3v) is 4.94. The summed E-state index contributed by atoms with van der Waals surface area (Å²) in [5.74, 6) is 0. The molecular formula is C17H21N5OS2. The molecule has 1 fully saturated rings. The lowest BCUT2D eigenvalue weighted by molar-refractivity contribution is 0.122. The van der Waals surface area contributed by atoms with E-state index >= 15 is 0 Å². The van der Waals surface area contributed by atoms with Crippen LogP contribution in [0.1, 0.15) is 11.8 Å². The summed E-state index contributed by atoms with van der Waals surface area (Å²) in [5, 5.41) is 8.77. The molecule has 0 bridgehead atoms. The van der Waals surface area contributed by atoms with Crippen molar-refractivity contribution in [3.63, 3.8) is 0 Å². The van der Waals surface area contributed by atoms with Crippen molar-refractivity contribution < 1.29 is 4.74 Å². The fraction of sp³-hybridized carbons (Fsp3) is 0.353. The van der Waals surface area contributed by atoms with E-state index < -0.39 is 0 Å². The molecule has 2 aromatic rings. The molecule has 6 nitrogen and oxygen atoms in total. The molecule has 2 N–H and O–H groups in total. The van der Waals surface area contributed by atoms with Crippen LogP contribution in [0.25, 0.3) is 11.3 Å². The van der Waals surface area contributed by atoms with E-state index in [2.05, 4.69) is 32.9 Å². The molecule has 0 saturated carbocycles. The maximum absolute atomic E-state index is 5.43. The van der Waals surface area contributed by atoms with Gasteiger partial charge in [0, 0.05) is 25.2 Å². The predicted molar refractivity (Wildman–Crippen MR) is 108 cm³/mol. The first kappa shape index (κ1) is 17.8. The van der Waals surface area contributed by atoms with Crippen LogP contribution < -0.4 is 15.6 Å². The van der Waals surface area contributed by atoms with Gasteiger partial charge in [0.1, 0.15) is 0 Å². The van der Waals surface area contributed by atoms with Crippen LogP contribution in [0, 0.1) is 0 Å². The van der Waals surface area contributed by atoms with Crippen LogP contribution >= 0.6 is 23.6 Å². The number of rotatable bonds is 5. The van der Waals surface area contributed by atoms with E-state index in [1.54, 1.807) is 17.6 Å². The number of hydrazone groups is 1. The highest BCUT2D eigenvalue weighted by Crippen LogP contribution is 2.32. The molecule has 1 aromatic heterocycles. The fourth-order valence-corrected chi connectivity index (χ4v) is 3.66. The van der Waals surface area contributed by atoms with E-state index in [0.717, 1.165) is 54.1 Å². The smallest absolute Gasteiger partial charge is 0.186 e. The minimum Gasteiger partial charge on any atom is -0.378 e. The monoisotopic (exact) mass is 375 g/mol. The highest BCUT2D eigenvalue weighted by molar-refractivity contribution is 7.80. The number of anilines is 1. The summed E-state index contributed by atoms with van der Waals surface area (Å²) >= 11 is 6.76. The Hall–Kier alpha value is -2.03. The number of nitrogens with zero attached hydrogens (tertiary/aromatic N) is 3. The van der Waals surface area contributed by atoms with Gasteiger partial charge in [-0.25, -0.2) is 4.98 Å². The van der Waals surface area contributed by atoms with Crippen molar-refractivity contribution in [2.75, 3.05) is 37.7 Å². The van der Waals surface area contributed by atoms with Gasteiger partial charge in [-0.2, -0.15) is 5.10 Å². The molecule has 0 radical (unpaired) electrons. The average molecular weight is 376 g/mol. The summed E-state index contributed by atoms with van der Waals surface area (Å²) < 4.78 is 5.43. The summed E-state index contributed by atoms with van der Waals surface area (Å²) in [6, 6.07) is 10.2. The van der Waals surface area contributed by atoms with E-state index in [9.17, 15) is 0 Å². The highest BCUT2D eigenvalue weighted by atomic mass is 32.1. The standard InChI is InChI=1S/C17H21N5OS2/c1-2-18-16(24)21-19-12-14-15(13-6-4-3-5-7-13)20-17(25-14)22-8-10-23-11-9-22/h3-7,12H,2,8-11H2,1H3,(H2,18,21,24)/b19-12+. The second-order valence-electron chi connectivity index (χ2n) is 5.40. The number of aromatic nitrogens is 1. The minimum absolute atomic E-state index is 0.512. The van der Waals surface area contributed by atoms with E-state index in [-0.39, 0.29) is 0 Å². The summed E-state index contributed by atoms with van der Waals surface area (Å²) in [6.45, 7) is 5.95. The van der Waals surface area contributed by atoms with Crippen molar-refractivity contribution in [2.45, 2.75) is 6.92 Å². The number of nitrogens with one attached hydrogen (secondary N) is 2. The number of benzene rings is 1. The highest BCUT2D eigenvalue weighted by Gasteiger charge is 2.18. The molecular weight excluding hydrogens is 354 g/mol. The topological polar surface area (TPSA) is 61.8 Å². The van der Waals surface area contributed by atoms with Gasteiger partial charge in [0.25, 0.3) is 0 Å². The van der Waals surface area contributed by atoms with E-state index in [4.69, 9.17) is 21.9 Å². The third kappa shape index (κ3) is 4.75. The Morgan fingerprint density at radius 1 is 1.36 bits per heavy atom. The van der Waals surface area contributed by atoms with Crippen molar-refractivity contribution >= 4 is 40.0 Å². The van der Waals surface area contributed by atoms with Crippen LogP contribution in [0.3, 0.4) is 0 Å². The van der Waals surface area contributed by atoms with Crippen molar-refractivity contribution in [1.29, 1.82) is 0 Å². The maximum Gasteiger partial charge on any atom is 0.186 e. The fourth-order valence-electron chi connectivity index (χ4n) is 2.45. The first-order valence-electron chi connectivity index (χ1n) is 8.23. The van der Waals surface area contributed by atoms with Gasteiger partial charge >= 0.3 is 0 Å². The van der Waals surface area contributed by atoms with Crippen molar-refractivity contribution in [2.24, 2.45) is 5.10 Å². The number of morpholine rings is 1. The van der Waals surface area contributed by atoms with Crippen LogP contribution in [0.15, 0.2) is 35.4 Å². The molecule has 1 aliphatic heterocycles. The van der Waals surface area contributed by atoms with Gasteiger partial charge in [-0.1, -0.05) is 41.7 Å². The second-order valence-corrected chi connectivity index (χ2v) is 6.82. The normalized spacial score (nSPS) is 14.7. The Labute approximate surface area is 156 Å². The zero-order valence-electron chi connectivity index (χ0n) is 14.1. The SMILES string of the molecule is CCNC(=S)N/N=C/c1sc(N2CCOCC2)nc1-c1ccccc1. The van der Waals surface area contributed by atoms with E-state index in [1.807, 2.05) is 25.1 Å². The lowest BCUT2D eigenvalue weighted by Gasteiger charge is -2.26. The van der Waals surface area contributed by atoms with Crippen molar-refractivity contribution in [3.05, 3.63) is 35.2 Å². The Morgan fingerprint density at radius 3 is 2.84 bits per heavy atom. The summed E-state index contributed by atoms with van der Waals surface area (Å²) in [7, 11) is 0. The molecule has 1 saturated heterocycles. The second kappa shape index (κ2) is 8.89. The van der Waals surface area contributed by atoms with Crippen molar-refractivity contribution in [3.8, 4) is 11.3 Å². The Kier molecular flexibility index (Phi) is 6.32. The van der Waals surface area contributed by atoms with Crippen molar-refractivity contribution in [1.82, 2.24) is 15.7 Å². The molecule has 0 spiro atoms. The first-order chi connectivity index (χ1) is 12.3. The number of thiocarbonyl (C=S) groups is 1. The predicted octanol–water partition coefficient (Wildman–Crippen LogP) is 2.46. The van der Waals surface area contributed by atoms with Gasteiger partial charge in [0.2, 0.25) is 0 Å². The van der Waals surface area contributed by atoms with E-state index in [0.29, 0.717) is 5.11 Å². The molecule has 0 atom stereocenters. The Balaban J connectivity index is 1.85. The first-order valence-corrected chi connectivity index (χ1v) is 9.46. The quantitative estimate of drug-likeness (QED) is 0.476. The van der Waals surface area contributed by atoms with Gasteiger partial charge in [0.05, 0.1) is 30.0 Å². The van der Waals surface area contributed by atoms with Crippen LogP contribution in [-0.2, 0) is 4.74 Å². The molecule has 132 valence electrons. The molecule has 25 heavy (non-hydrogen) atoms. The molecule has 0 aliphatic carbocycles. The molecule has 0 unspecified atom stereocenters. The lowest BCUT2D eigenvalue weighted by Crippen LogP contribution is -2.36. The summed E-state index contributed by atoms with van der Waals surface area (Å²) in [6.07, 6.45) is 1.79. The van der Waals surface area contributed by atoms with Crippen LogP contribution in [-0.4, -0.2) is 49.2 Å². The molecule has 1 aliphatic rings. The lowest BCUT2D eigenvalue weighted by atomic mass is 10.1. The molecule has 8 heteroatoms. The van der Waals surface area contributed by atoms with Crippen LogP contribution in [0.2, 0.25) is 0 Å². The average Bonchev–Trinajstić information content (AvgIpc) is 3.08. The third-order valence-electron chi connectivity index (χ3n) is 3.66. The van der Waals surface area contributed by atoms with Gasteiger partial charge in [-0.05, 0) is 19.1 Å². The molecule has 1 aromatic carbocycles. The summed E-state index contributed by atoms with van der Waals surface area (Å²) in [5.41, 5.74) is 4.85. The number of hydrogen-bond donors (Lipinski definition) is 2. The van der Waals surface area contributed by atoms with Gasteiger partial charge in [-0.15, -0.1) is 0 Å². The number of hydrogen-bond acceptors (Lipinski definition) is 6. The Morgan fingerprint density at radius 2 is 2.12 bits per heavy atom. The van der Waals surface area contributed by atoms with Crippen LogP contribution in [0.5, 0.6) is 0 Å². The van der Waals surface area contributed by atoms with E-state index in [1.165, 1.54) is 0 Å². The van der Waals surface area contributed by atoms with Gasteiger partial charge < -0.3 is 15.0 Å². The minimum atomic E-state index is 0.512. The van der Waals surface area contributed by atoms with Gasteiger partial charge in [0.15, 0.2) is 10.2 Å². The van der Waals surface area contributed by atoms with Crippen LogP contribution in [0.4, 0.5) is 5.13 Å². The zero-order chi connectivity index (χ0) is 17.5. The number of ether oxygens (including phenoxy) is 1. The zero-order valence-corrected chi connectivity index (χ0v) is 15.7. The van der Waals surface area contributed by atoms with Gasteiger partial charge in [-0.3, -0.25) is 5.43 Å². The Bertz CT molecular complexity index is 726. The maximum atomic E-state index is 5.43. The molecule has 3 rings (SSSR count). The molecule has 2 heterocycles. The molecule has 0 amide bonds. The summed E-state index contributed by atoms with van der Waals surface area (Å²) in [4.78, 5) is 8.12. The largest absolute Gasteiger partial charge is 0.378 e. The number of thiazole rings is 1.